The van der Waals surface area contributed by atoms with Crippen LogP contribution in [0.5, 0.6) is 0 Å². The molecule has 0 spiro atoms. The van der Waals surface area contributed by atoms with Crippen molar-refractivity contribution in [1.82, 2.24) is 14.7 Å². The summed E-state index contributed by atoms with van der Waals surface area (Å²) in [6.07, 6.45) is 0.500. The average molecular weight is 206 g/mol. The second-order valence-electron chi connectivity index (χ2n) is 3.51. The van der Waals surface area contributed by atoms with E-state index in [4.69, 9.17) is 15.3 Å². The van der Waals surface area contributed by atoms with E-state index in [9.17, 15) is 0 Å². The molecular weight excluding hydrogens is 188 g/mol. The van der Waals surface area contributed by atoms with Crippen molar-refractivity contribution in [3.63, 3.8) is 0 Å². The Hall–Kier alpha value is -0.920. The van der Waals surface area contributed by atoms with Crippen LogP contribution in [-0.2, 0) is 0 Å². The van der Waals surface area contributed by atoms with Gasteiger partial charge >= 0.3 is 0 Å². The van der Waals surface area contributed by atoms with E-state index in [2.05, 4.69) is 42.9 Å². The lowest BCUT2D eigenvalue weighted by molar-refractivity contribution is -0.742. The van der Waals surface area contributed by atoms with Crippen LogP contribution in [0.4, 0.5) is 0 Å². The normalized spacial score (nSPS) is 19.5. The molecule has 84 valence electrons. The van der Waals surface area contributed by atoms with Gasteiger partial charge in [-0.05, 0) is 28.2 Å². The van der Waals surface area contributed by atoms with Crippen molar-refractivity contribution >= 4 is 0 Å². The molecule has 0 bridgehead atoms. The van der Waals surface area contributed by atoms with E-state index in [0.29, 0.717) is 6.29 Å². The molecule has 1 aliphatic heterocycles. The fraction of sp³-hybridized carbons (Fsp3) is 1.00. The summed E-state index contributed by atoms with van der Waals surface area (Å²) in [5.74, 6) is 0. The summed E-state index contributed by atoms with van der Waals surface area (Å²) in [6.45, 7) is 2.36. The van der Waals surface area contributed by atoms with Gasteiger partial charge in [-0.3, -0.25) is 14.7 Å². The van der Waals surface area contributed by atoms with Crippen LogP contribution in [0.15, 0.2) is 0 Å². The quantitative estimate of drug-likeness (QED) is 0.454. The summed E-state index contributed by atoms with van der Waals surface area (Å²) in [4.78, 5) is 15.3. The second kappa shape index (κ2) is 5.74. The first kappa shape index (κ1) is 13.1. The molecule has 7 heteroatoms. The summed E-state index contributed by atoms with van der Waals surface area (Å²) >= 11 is 0. The first-order valence-electron chi connectivity index (χ1n) is 4.26. The number of nitrogens with zero attached hydrogens (tertiary/aromatic N) is 4. The van der Waals surface area contributed by atoms with Crippen LogP contribution in [0.1, 0.15) is 0 Å². The predicted octanol–water partition coefficient (Wildman–Crippen LogP) is -0.639. The summed E-state index contributed by atoms with van der Waals surface area (Å²) in [6, 6.07) is 0. The molecule has 1 heterocycles. The first-order chi connectivity index (χ1) is 6.36. The molecule has 1 saturated heterocycles. The maximum atomic E-state index is 8.36. The molecule has 0 unspecified atom stereocenters. The molecule has 0 aromatic heterocycles. The summed E-state index contributed by atoms with van der Waals surface area (Å²) in [7, 11) is 8.55. The minimum Gasteiger partial charge on any atom is -0.328 e. The average Bonchev–Trinajstić information content (AvgIpc) is 2.29. The SMILES string of the molecule is CN(C)C1N(C)CCN1C.O=[N+]([O-])O. The minimum atomic E-state index is -1.50. The Bertz CT molecular complexity index is 174. The Morgan fingerprint density at radius 3 is 1.79 bits per heavy atom. The Labute approximate surface area is 83.6 Å². The zero-order valence-electron chi connectivity index (χ0n) is 9.04. The van der Waals surface area contributed by atoms with E-state index >= 15 is 0 Å². The number of hydrogen-bond donors (Lipinski definition) is 1. The molecule has 0 amide bonds. The lowest BCUT2D eigenvalue weighted by Gasteiger charge is -2.30. The zero-order chi connectivity index (χ0) is 11.3. The molecule has 1 N–H and O–H groups in total. The van der Waals surface area contributed by atoms with Crippen molar-refractivity contribution in [3.05, 3.63) is 10.1 Å². The van der Waals surface area contributed by atoms with Crippen molar-refractivity contribution in [2.45, 2.75) is 6.29 Å². The van der Waals surface area contributed by atoms with Gasteiger partial charge in [0.15, 0.2) is 0 Å². The van der Waals surface area contributed by atoms with Gasteiger partial charge in [0.1, 0.15) is 6.29 Å². The Kier molecular flexibility index (Phi) is 5.36. The van der Waals surface area contributed by atoms with Crippen molar-refractivity contribution in [1.29, 1.82) is 0 Å². The van der Waals surface area contributed by atoms with Crippen LogP contribution < -0.4 is 0 Å². The Morgan fingerprint density at radius 2 is 1.64 bits per heavy atom. The summed E-state index contributed by atoms with van der Waals surface area (Å²) in [5, 5.41) is 13.6. The summed E-state index contributed by atoms with van der Waals surface area (Å²) in [5.41, 5.74) is 0. The van der Waals surface area contributed by atoms with Crippen molar-refractivity contribution in [2.75, 3.05) is 41.3 Å². The van der Waals surface area contributed by atoms with Crippen molar-refractivity contribution in [3.8, 4) is 0 Å². The van der Waals surface area contributed by atoms with Crippen LogP contribution in [0.3, 0.4) is 0 Å². The third kappa shape index (κ3) is 4.35. The number of rotatable bonds is 1. The minimum absolute atomic E-state index is 0.500. The van der Waals surface area contributed by atoms with Crippen LogP contribution in [0, 0.1) is 10.1 Å². The van der Waals surface area contributed by atoms with E-state index in [1.165, 1.54) is 13.1 Å². The molecule has 0 atom stereocenters. The maximum absolute atomic E-state index is 8.36. The molecule has 0 aliphatic carbocycles. The van der Waals surface area contributed by atoms with Gasteiger partial charge in [-0.25, -0.2) is 0 Å². The van der Waals surface area contributed by atoms with Gasteiger partial charge in [-0.2, -0.15) is 0 Å². The number of likely N-dealkylation sites (N-methyl/N-ethyl adjacent to an activating group) is 2. The van der Waals surface area contributed by atoms with Crippen molar-refractivity contribution < 1.29 is 10.3 Å². The van der Waals surface area contributed by atoms with Gasteiger partial charge in [0.05, 0.1) is 0 Å². The smallest absolute Gasteiger partial charge is 0.291 e. The molecule has 0 aromatic carbocycles. The van der Waals surface area contributed by atoms with Crippen molar-refractivity contribution in [2.24, 2.45) is 0 Å². The van der Waals surface area contributed by atoms with E-state index in [1.54, 1.807) is 0 Å². The lowest BCUT2D eigenvalue weighted by atomic mass is 10.6. The highest BCUT2D eigenvalue weighted by atomic mass is 16.9. The van der Waals surface area contributed by atoms with Crippen LogP contribution in [0.2, 0.25) is 0 Å². The van der Waals surface area contributed by atoms with Crippen LogP contribution in [-0.4, -0.2) is 72.6 Å². The molecule has 7 nitrogen and oxygen atoms in total. The van der Waals surface area contributed by atoms with E-state index in [-0.39, 0.29) is 0 Å². The molecule has 1 fully saturated rings. The Morgan fingerprint density at radius 1 is 1.36 bits per heavy atom. The highest BCUT2D eigenvalue weighted by Gasteiger charge is 2.27. The third-order valence-corrected chi connectivity index (χ3v) is 2.06. The molecule has 0 saturated carbocycles. The van der Waals surface area contributed by atoms with Gasteiger partial charge in [-0.15, -0.1) is 10.1 Å². The van der Waals surface area contributed by atoms with E-state index < -0.39 is 5.09 Å². The zero-order valence-corrected chi connectivity index (χ0v) is 9.04. The lowest BCUT2D eigenvalue weighted by Crippen LogP contribution is -2.45. The number of hydrogen-bond acceptors (Lipinski definition) is 5. The van der Waals surface area contributed by atoms with Gasteiger partial charge in [0.25, 0.3) is 5.09 Å². The van der Waals surface area contributed by atoms with Gasteiger partial charge < -0.3 is 5.21 Å². The van der Waals surface area contributed by atoms with Gasteiger partial charge in [0, 0.05) is 13.1 Å². The molecule has 14 heavy (non-hydrogen) atoms. The molecule has 1 aliphatic rings. The highest BCUT2D eigenvalue weighted by molar-refractivity contribution is 4.74. The van der Waals surface area contributed by atoms with Gasteiger partial charge in [-0.1, -0.05) is 0 Å². The third-order valence-electron chi connectivity index (χ3n) is 2.06. The standard InChI is InChI=1S/C7H17N3.HNO3/c1-8(2)7-9(3)5-6-10(7)4;2-1(3)4/h7H,5-6H2,1-4H3;(H,2,3,4). The Balaban J connectivity index is 0.000000364. The topological polar surface area (TPSA) is 73.1 Å². The molecule has 1 rings (SSSR count). The maximum Gasteiger partial charge on any atom is 0.291 e. The molecule has 0 radical (unpaired) electrons. The van der Waals surface area contributed by atoms with E-state index in [1.807, 2.05) is 0 Å². The largest absolute Gasteiger partial charge is 0.328 e. The highest BCUT2D eigenvalue weighted by Crippen LogP contribution is 2.10. The van der Waals surface area contributed by atoms with Crippen LogP contribution >= 0.6 is 0 Å². The van der Waals surface area contributed by atoms with E-state index in [0.717, 1.165) is 0 Å². The molecular formula is C7H18N4O3. The van der Waals surface area contributed by atoms with Crippen LogP contribution in [0.25, 0.3) is 0 Å². The fourth-order valence-corrected chi connectivity index (χ4v) is 1.67. The fourth-order valence-electron chi connectivity index (χ4n) is 1.67. The van der Waals surface area contributed by atoms with Gasteiger partial charge in [0.2, 0.25) is 0 Å². The molecule has 0 aromatic rings. The predicted molar refractivity (Wildman–Crippen MR) is 51.5 cm³/mol. The second-order valence-corrected chi connectivity index (χ2v) is 3.51. The summed E-state index contributed by atoms with van der Waals surface area (Å²) < 4.78 is 0. The first-order valence-corrected chi connectivity index (χ1v) is 4.26. The monoisotopic (exact) mass is 206 g/mol.